The van der Waals surface area contributed by atoms with Crippen molar-refractivity contribution in [1.82, 2.24) is 5.32 Å². The van der Waals surface area contributed by atoms with Crippen LogP contribution in [0.5, 0.6) is 0 Å². The van der Waals surface area contributed by atoms with Crippen LogP contribution in [0.25, 0.3) is 0 Å². The molecule has 0 aliphatic rings. The molecule has 548 valence electrons. The maximum atomic E-state index is 13.1. The van der Waals surface area contributed by atoms with Crippen LogP contribution in [0, 0.1) is 0 Å². The maximum absolute atomic E-state index is 13.1. The van der Waals surface area contributed by atoms with Crippen molar-refractivity contribution in [3.63, 3.8) is 0 Å². The molecule has 0 rings (SSSR count). The monoisotopic (exact) mass is 1320 g/mol. The van der Waals surface area contributed by atoms with Crippen molar-refractivity contribution in [2.75, 3.05) is 40.9 Å². The van der Waals surface area contributed by atoms with E-state index in [4.69, 9.17) is 9.05 Å². The highest BCUT2D eigenvalue weighted by atomic mass is 31.2. The summed E-state index contributed by atoms with van der Waals surface area (Å²) in [5.74, 6) is -0.186. The zero-order valence-corrected chi connectivity index (χ0v) is 63.9. The number of allylic oxidation sites excluding steroid dienone is 3. The van der Waals surface area contributed by atoms with Gasteiger partial charge in [-0.1, -0.05) is 423 Å². The summed E-state index contributed by atoms with van der Waals surface area (Å²) in [4.78, 5) is 25.7. The zero-order chi connectivity index (χ0) is 66.9. The lowest BCUT2D eigenvalue weighted by atomic mass is 10.0. The first-order valence-electron chi connectivity index (χ1n) is 41.7. The molecular formula is C83H165N2O6P. The summed E-state index contributed by atoms with van der Waals surface area (Å²) in [6, 6.07) is -0.886. The highest BCUT2D eigenvalue weighted by Gasteiger charge is 2.23. The molecule has 3 atom stereocenters. The van der Waals surface area contributed by atoms with E-state index in [1.807, 2.05) is 27.2 Å². The second-order valence-electron chi connectivity index (χ2n) is 30.2. The van der Waals surface area contributed by atoms with Crippen molar-refractivity contribution in [3.05, 3.63) is 24.3 Å². The fourth-order valence-electron chi connectivity index (χ4n) is 13.2. The van der Waals surface area contributed by atoms with Gasteiger partial charge in [0.15, 0.2) is 0 Å². The number of amides is 1. The summed E-state index contributed by atoms with van der Waals surface area (Å²) in [6.45, 7) is 4.73. The third kappa shape index (κ3) is 76.3. The van der Waals surface area contributed by atoms with Gasteiger partial charge in [-0.05, 0) is 44.9 Å². The Morgan fingerprint density at radius 1 is 0.370 bits per heavy atom. The molecule has 92 heavy (non-hydrogen) atoms. The van der Waals surface area contributed by atoms with E-state index in [1.54, 1.807) is 6.08 Å². The van der Waals surface area contributed by atoms with Gasteiger partial charge in [0, 0.05) is 6.42 Å². The van der Waals surface area contributed by atoms with Gasteiger partial charge in [-0.15, -0.1) is 0 Å². The Balaban J connectivity index is 3.88. The lowest BCUT2D eigenvalue weighted by Crippen LogP contribution is -2.45. The smallest absolute Gasteiger partial charge is 0.268 e. The quantitative estimate of drug-likeness (QED) is 0.0272. The van der Waals surface area contributed by atoms with Gasteiger partial charge in [-0.3, -0.25) is 9.36 Å². The van der Waals surface area contributed by atoms with Crippen LogP contribution in [-0.4, -0.2) is 68.5 Å². The second-order valence-corrected chi connectivity index (χ2v) is 31.6. The molecule has 2 N–H and O–H groups in total. The number of likely N-dealkylation sites (N-methyl/N-ethyl adjacent to an activating group) is 1. The highest BCUT2D eigenvalue weighted by Crippen LogP contribution is 2.38. The summed E-state index contributed by atoms with van der Waals surface area (Å²) in [7, 11) is 1.29. The van der Waals surface area contributed by atoms with Gasteiger partial charge in [-0.2, -0.15) is 0 Å². The van der Waals surface area contributed by atoms with E-state index in [0.29, 0.717) is 17.4 Å². The van der Waals surface area contributed by atoms with Gasteiger partial charge in [0.2, 0.25) is 5.91 Å². The third-order valence-electron chi connectivity index (χ3n) is 19.7. The van der Waals surface area contributed by atoms with Crippen molar-refractivity contribution >= 4 is 13.7 Å². The molecule has 0 heterocycles. The third-order valence-corrected chi connectivity index (χ3v) is 20.6. The van der Waals surface area contributed by atoms with Gasteiger partial charge in [0.25, 0.3) is 7.82 Å². The molecule has 0 aromatic heterocycles. The molecule has 0 aliphatic carbocycles. The first kappa shape index (κ1) is 91.0. The van der Waals surface area contributed by atoms with Gasteiger partial charge in [0.1, 0.15) is 13.2 Å². The minimum absolute atomic E-state index is 0.00258. The van der Waals surface area contributed by atoms with Crippen molar-refractivity contribution in [3.8, 4) is 0 Å². The Morgan fingerprint density at radius 3 is 0.848 bits per heavy atom. The molecule has 0 aromatic carbocycles. The van der Waals surface area contributed by atoms with E-state index in [2.05, 4.69) is 31.3 Å². The molecule has 0 saturated heterocycles. The van der Waals surface area contributed by atoms with E-state index in [9.17, 15) is 19.4 Å². The number of aliphatic hydroxyl groups is 1. The molecular weight excluding hydrogens is 1150 g/mol. The Labute approximate surface area is 576 Å². The number of unbranched alkanes of at least 4 members (excludes halogenated alkanes) is 64. The average molecular weight is 1320 g/mol. The van der Waals surface area contributed by atoms with Crippen LogP contribution >= 0.6 is 7.82 Å². The number of nitrogens with one attached hydrogen (secondary N) is 1. The maximum Gasteiger partial charge on any atom is 0.268 e. The molecule has 3 unspecified atom stereocenters. The fourth-order valence-corrected chi connectivity index (χ4v) is 13.9. The minimum Gasteiger partial charge on any atom is -0.756 e. The van der Waals surface area contributed by atoms with Crippen LogP contribution in [0.4, 0.5) is 0 Å². The molecule has 0 spiro atoms. The molecule has 9 heteroatoms. The molecule has 0 saturated carbocycles. The van der Waals surface area contributed by atoms with Crippen LogP contribution in [0.2, 0.25) is 0 Å². The first-order chi connectivity index (χ1) is 45.0. The van der Waals surface area contributed by atoms with E-state index >= 15 is 0 Å². The Morgan fingerprint density at radius 2 is 0.598 bits per heavy atom. The van der Waals surface area contributed by atoms with Crippen LogP contribution in [0.1, 0.15) is 450 Å². The van der Waals surface area contributed by atoms with E-state index in [1.165, 1.54) is 392 Å². The van der Waals surface area contributed by atoms with E-state index < -0.39 is 20.0 Å². The Bertz CT molecular complexity index is 1550. The number of phosphoric acid groups is 1. The molecule has 0 aliphatic heterocycles. The molecule has 1 amide bonds. The first-order valence-corrected chi connectivity index (χ1v) is 43.2. The van der Waals surface area contributed by atoms with E-state index in [-0.39, 0.29) is 19.1 Å². The molecule has 0 radical (unpaired) electrons. The molecule has 0 bridgehead atoms. The van der Waals surface area contributed by atoms with E-state index in [0.717, 1.165) is 38.5 Å². The van der Waals surface area contributed by atoms with Crippen molar-refractivity contribution < 1.29 is 32.9 Å². The van der Waals surface area contributed by atoms with Gasteiger partial charge in [0.05, 0.1) is 39.9 Å². The summed E-state index contributed by atoms with van der Waals surface area (Å²) in [5, 5.41) is 14.0. The number of carbonyl (C=O) groups is 1. The largest absolute Gasteiger partial charge is 0.756 e. The van der Waals surface area contributed by atoms with Gasteiger partial charge >= 0.3 is 0 Å². The Hall–Kier alpha value is -1.02. The number of nitrogens with zero attached hydrogens (tertiary/aromatic N) is 1. The van der Waals surface area contributed by atoms with Crippen molar-refractivity contribution in [2.24, 2.45) is 0 Å². The molecule has 8 nitrogen and oxygen atoms in total. The fraction of sp³-hybridized carbons (Fsp3) is 0.940. The summed E-state index contributed by atoms with van der Waals surface area (Å²) in [5.41, 5.74) is 0. The van der Waals surface area contributed by atoms with Crippen molar-refractivity contribution in [1.29, 1.82) is 0 Å². The Kier molecular flexibility index (Phi) is 73.4. The average Bonchev–Trinajstić information content (AvgIpc) is 2.63. The lowest BCUT2D eigenvalue weighted by molar-refractivity contribution is -0.870. The van der Waals surface area contributed by atoms with Crippen LogP contribution < -0.4 is 10.2 Å². The number of phosphoric ester groups is 1. The van der Waals surface area contributed by atoms with Gasteiger partial charge < -0.3 is 28.8 Å². The van der Waals surface area contributed by atoms with Crippen LogP contribution in [0.3, 0.4) is 0 Å². The number of hydrogen-bond acceptors (Lipinski definition) is 6. The summed E-state index contributed by atoms with van der Waals surface area (Å²) in [6.07, 6.45) is 99.4. The number of aliphatic hydroxyl groups excluding tert-OH is 1. The predicted molar refractivity (Wildman–Crippen MR) is 404 cm³/mol. The topological polar surface area (TPSA) is 108 Å². The van der Waals surface area contributed by atoms with Crippen LogP contribution in [0.15, 0.2) is 24.3 Å². The van der Waals surface area contributed by atoms with Crippen LogP contribution in [-0.2, 0) is 18.4 Å². The highest BCUT2D eigenvalue weighted by molar-refractivity contribution is 7.45. The SMILES string of the molecule is CCCCCCCCCC/C=C\CCCCCCCCCCCCCCCCCCCCCCCCCCCCCCCC(=O)NC(COP(=O)([O-])OCC[N+](C)(C)C)C(O)/C=C/CCCCCCCCCCCCCCCCCCCCCCCCCCCCC. The minimum atomic E-state index is -4.61. The number of quaternary nitrogens is 1. The number of carbonyl (C=O) groups excluding carboxylic acids is 1. The summed E-state index contributed by atoms with van der Waals surface area (Å²) < 4.78 is 23.5. The summed E-state index contributed by atoms with van der Waals surface area (Å²) >= 11 is 0. The molecule has 0 fully saturated rings. The number of rotatable bonds is 79. The standard InChI is InChI=1S/C83H165N2O6P/c1-6-8-10-12-14-16-18-20-22-24-26-28-30-32-34-36-37-38-39-40-41-42-43-44-45-46-47-49-51-53-55-57-59-61-63-65-67-69-71-73-75-77-83(87)84-81(80-91-92(88,89)90-79-78-85(3,4)5)82(86)76-74-72-70-68-66-64-62-60-58-56-54-52-50-48-35-33-31-29-27-25-23-21-19-17-15-13-11-9-7-2/h24,26,74,76,81-82,86H,6-23,25,27-73,75,77-80H2,1-5H3,(H-,84,87,88,89)/b26-24-,76-74+. The lowest BCUT2D eigenvalue weighted by Gasteiger charge is -2.29. The van der Waals surface area contributed by atoms with Crippen molar-refractivity contribution in [2.45, 2.75) is 463 Å². The second kappa shape index (κ2) is 74.2. The zero-order valence-electron chi connectivity index (χ0n) is 63.1. The van der Waals surface area contributed by atoms with Gasteiger partial charge in [-0.25, -0.2) is 0 Å². The number of hydrogen-bond donors (Lipinski definition) is 2. The predicted octanol–water partition coefficient (Wildman–Crippen LogP) is 26.7. The molecule has 0 aromatic rings. The normalized spacial score (nSPS) is 13.5.